The van der Waals surface area contributed by atoms with Crippen LogP contribution in [0.1, 0.15) is 39.0 Å². The van der Waals surface area contributed by atoms with Gasteiger partial charge >= 0.3 is 5.97 Å². The smallest absolute Gasteiger partial charge is 0.307 e. The zero-order valence-electron chi connectivity index (χ0n) is 11.3. The molecule has 0 spiro atoms. The third kappa shape index (κ3) is 3.70. The van der Waals surface area contributed by atoms with Crippen LogP contribution in [0.15, 0.2) is 0 Å². The number of nitrogens with two attached hydrogens (primary N) is 1. The van der Waals surface area contributed by atoms with Crippen molar-refractivity contribution in [2.45, 2.75) is 39.0 Å². The predicted octanol–water partition coefficient (Wildman–Crippen LogP) is 0.821. The van der Waals surface area contributed by atoms with Gasteiger partial charge in [0.25, 0.3) is 0 Å². The fourth-order valence-electron chi connectivity index (χ4n) is 2.41. The van der Waals surface area contributed by atoms with E-state index in [0.29, 0.717) is 19.0 Å². The monoisotopic (exact) mass is 256 g/mol. The summed E-state index contributed by atoms with van der Waals surface area (Å²) >= 11 is 0. The Bertz CT molecular complexity index is 297. The van der Waals surface area contributed by atoms with Crippen LogP contribution < -0.4 is 11.1 Å². The van der Waals surface area contributed by atoms with Crippen molar-refractivity contribution in [3.63, 3.8) is 0 Å². The SMILES string of the molecule is COC(=O)CCNC(=O)C1(CN)CCC(C)CC1. The maximum atomic E-state index is 12.2. The van der Waals surface area contributed by atoms with Crippen LogP contribution >= 0.6 is 0 Å². The zero-order chi connectivity index (χ0) is 13.6. The van der Waals surface area contributed by atoms with Gasteiger partial charge in [0, 0.05) is 13.1 Å². The lowest BCUT2D eigenvalue weighted by molar-refractivity contribution is -0.140. The molecule has 0 aromatic heterocycles. The number of carbonyl (C=O) groups is 2. The van der Waals surface area contributed by atoms with Crippen LogP contribution in [0.5, 0.6) is 0 Å². The summed E-state index contributed by atoms with van der Waals surface area (Å²) in [4.78, 5) is 23.1. The first-order valence-electron chi connectivity index (χ1n) is 6.59. The van der Waals surface area contributed by atoms with Crippen LogP contribution in [0.25, 0.3) is 0 Å². The molecule has 0 saturated heterocycles. The number of hydrogen-bond donors (Lipinski definition) is 2. The van der Waals surface area contributed by atoms with E-state index in [2.05, 4.69) is 17.0 Å². The largest absolute Gasteiger partial charge is 0.469 e. The quantitative estimate of drug-likeness (QED) is 0.714. The third-order valence-corrected chi connectivity index (χ3v) is 3.95. The van der Waals surface area contributed by atoms with Gasteiger partial charge in [-0.25, -0.2) is 0 Å². The molecule has 18 heavy (non-hydrogen) atoms. The molecule has 1 rings (SSSR count). The van der Waals surface area contributed by atoms with Crippen LogP contribution in [-0.2, 0) is 14.3 Å². The first kappa shape index (κ1) is 15.0. The van der Waals surface area contributed by atoms with E-state index in [1.54, 1.807) is 0 Å². The number of ether oxygens (including phenoxy) is 1. The van der Waals surface area contributed by atoms with E-state index in [4.69, 9.17) is 5.73 Å². The number of amides is 1. The lowest BCUT2D eigenvalue weighted by Crippen LogP contribution is -2.48. The summed E-state index contributed by atoms with van der Waals surface area (Å²) in [7, 11) is 1.34. The maximum Gasteiger partial charge on any atom is 0.307 e. The molecule has 5 heteroatoms. The summed E-state index contributed by atoms with van der Waals surface area (Å²) in [5.41, 5.74) is 5.36. The lowest BCUT2D eigenvalue weighted by atomic mass is 9.70. The highest BCUT2D eigenvalue weighted by Crippen LogP contribution is 2.38. The molecule has 1 aliphatic carbocycles. The van der Waals surface area contributed by atoms with E-state index in [0.717, 1.165) is 25.7 Å². The molecule has 0 heterocycles. The molecule has 104 valence electrons. The number of nitrogens with one attached hydrogen (secondary N) is 1. The van der Waals surface area contributed by atoms with Crippen molar-refractivity contribution >= 4 is 11.9 Å². The highest BCUT2D eigenvalue weighted by atomic mass is 16.5. The van der Waals surface area contributed by atoms with Crippen LogP contribution in [-0.4, -0.2) is 32.1 Å². The van der Waals surface area contributed by atoms with Crippen molar-refractivity contribution in [3.8, 4) is 0 Å². The van der Waals surface area contributed by atoms with Gasteiger partial charge in [0.15, 0.2) is 0 Å². The maximum absolute atomic E-state index is 12.2. The Balaban J connectivity index is 2.44. The van der Waals surface area contributed by atoms with E-state index in [9.17, 15) is 9.59 Å². The molecular formula is C13H24N2O3. The minimum absolute atomic E-state index is 0.0131. The van der Waals surface area contributed by atoms with Crippen molar-refractivity contribution in [2.75, 3.05) is 20.2 Å². The molecule has 0 aromatic carbocycles. The molecule has 1 aliphatic rings. The van der Waals surface area contributed by atoms with E-state index in [-0.39, 0.29) is 18.3 Å². The second-order valence-corrected chi connectivity index (χ2v) is 5.25. The highest BCUT2D eigenvalue weighted by molar-refractivity contribution is 5.83. The van der Waals surface area contributed by atoms with Crippen LogP contribution in [0.3, 0.4) is 0 Å². The van der Waals surface area contributed by atoms with E-state index in [1.807, 2.05) is 0 Å². The van der Waals surface area contributed by atoms with Crippen molar-refractivity contribution in [1.82, 2.24) is 5.32 Å². The number of esters is 1. The molecule has 0 aromatic rings. The zero-order valence-corrected chi connectivity index (χ0v) is 11.3. The van der Waals surface area contributed by atoms with Gasteiger partial charge in [-0.3, -0.25) is 9.59 Å². The van der Waals surface area contributed by atoms with Crippen molar-refractivity contribution in [1.29, 1.82) is 0 Å². The fraction of sp³-hybridized carbons (Fsp3) is 0.846. The number of carbonyl (C=O) groups excluding carboxylic acids is 2. The average Bonchev–Trinajstić information content (AvgIpc) is 2.39. The average molecular weight is 256 g/mol. The summed E-state index contributed by atoms with van der Waals surface area (Å²) in [5, 5.41) is 2.80. The third-order valence-electron chi connectivity index (χ3n) is 3.95. The summed E-state index contributed by atoms with van der Waals surface area (Å²) in [6.45, 7) is 2.90. The van der Waals surface area contributed by atoms with Crippen LogP contribution in [0.2, 0.25) is 0 Å². The highest BCUT2D eigenvalue weighted by Gasteiger charge is 2.39. The first-order valence-corrected chi connectivity index (χ1v) is 6.59. The van der Waals surface area contributed by atoms with Crippen molar-refractivity contribution in [3.05, 3.63) is 0 Å². The van der Waals surface area contributed by atoms with Gasteiger partial charge in [0.2, 0.25) is 5.91 Å². The molecule has 1 fully saturated rings. The molecule has 5 nitrogen and oxygen atoms in total. The van der Waals surface area contributed by atoms with Gasteiger partial charge < -0.3 is 15.8 Å². The summed E-state index contributed by atoms with van der Waals surface area (Å²) < 4.78 is 4.53. The Morgan fingerprint density at radius 3 is 2.50 bits per heavy atom. The van der Waals surface area contributed by atoms with Crippen LogP contribution in [0.4, 0.5) is 0 Å². The van der Waals surface area contributed by atoms with Gasteiger partial charge in [-0.05, 0) is 31.6 Å². The minimum Gasteiger partial charge on any atom is -0.469 e. The molecule has 1 amide bonds. The van der Waals surface area contributed by atoms with Gasteiger partial charge in [-0.2, -0.15) is 0 Å². The Kier molecular flexibility index (Phi) is 5.59. The molecule has 0 bridgehead atoms. The standard InChI is InChI=1S/C13H24N2O3/c1-10-3-6-13(9-14,7-4-10)12(17)15-8-5-11(16)18-2/h10H,3-9,14H2,1-2H3,(H,15,17). The second-order valence-electron chi connectivity index (χ2n) is 5.25. The van der Waals surface area contributed by atoms with Crippen molar-refractivity contribution < 1.29 is 14.3 Å². The molecular weight excluding hydrogens is 232 g/mol. The Labute approximate surface area is 108 Å². The molecule has 3 N–H and O–H groups in total. The second kappa shape index (κ2) is 6.73. The van der Waals surface area contributed by atoms with Gasteiger partial charge in [0.1, 0.15) is 0 Å². The molecule has 0 atom stereocenters. The predicted molar refractivity (Wildman–Crippen MR) is 68.8 cm³/mol. The number of rotatable bonds is 5. The Morgan fingerprint density at radius 2 is 2.00 bits per heavy atom. The van der Waals surface area contributed by atoms with Gasteiger partial charge in [-0.15, -0.1) is 0 Å². The molecule has 0 unspecified atom stereocenters. The molecule has 1 saturated carbocycles. The Hall–Kier alpha value is -1.10. The first-order chi connectivity index (χ1) is 8.54. The summed E-state index contributed by atoms with van der Waals surface area (Å²) in [6, 6.07) is 0. The van der Waals surface area contributed by atoms with Gasteiger partial charge in [-0.1, -0.05) is 6.92 Å². The normalized spacial score (nSPS) is 27.6. The van der Waals surface area contributed by atoms with E-state index >= 15 is 0 Å². The lowest BCUT2D eigenvalue weighted by Gasteiger charge is -2.37. The topological polar surface area (TPSA) is 81.4 Å². The van der Waals surface area contributed by atoms with Gasteiger partial charge in [0.05, 0.1) is 18.9 Å². The van der Waals surface area contributed by atoms with E-state index in [1.165, 1.54) is 7.11 Å². The minimum atomic E-state index is -0.428. The van der Waals surface area contributed by atoms with Crippen molar-refractivity contribution in [2.24, 2.45) is 17.1 Å². The number of methoxy groups -OCH3 is 1. The fourth-order valence-corrected chi connectivity index (χ4v) is 2.41. The molecule has 0 radical (unpaired) electrons. The summed E-state index contributed by atoms with van der Waals surface area (Å²) in [6.07, 6.45) is 3.98. The molecule has 0 aliphatic heterocycles. The van der Waals surface area contributed by atoms with E-state index < -0.39 is 5.41 Å². The number of hydrogen-bond acceptors (Lipinski definition) is 4. The summed E-state index contributed by atoms with van der Waals surface area (Å²) in [5.74, 6) is 0.350. The van der Waals surface area contributed by atoms with Crippen LogP contribution in [0, 0.1) is 11.3 Å². The Morgan fingerprint density at radius 1 is 1.39 bits per heavy atom.